The number of esters is 1. The summed E-state index contributed by atoms with van der Waals surface area (Å²) in [5, 5.41) is 31.0. The Labute approximate surface area is 212 Å². The van der Waals surface area contributed by atoms with Gasteiger partial charge in [0.25, 0.3) is 0 Å². The molecule has 3 N–H and O–H groups in total. The molecule has 8 heteroatoms. The molecule has 1 aromatic heterocycles. The third-order valence-electron chi connectivity index (χ3n) is 7.48. The summed E-state index contributed by atoms with van der Waals surface area (Å²) in [5.41, 5.74) is 1.70. The number of hydrogen-bond donors (Lipinski definition) is 3. The number of carbonyl (C=O) groups is 2. The first kappa shape index (κ1) is 28.0. The molecule has 5 atom stereocenters. The van der Waals surface area contributed by atoms with Crippen LogP contribution in [-0.2, 0) is 20.9 Å². The lowest BCUT2D eigenvalue weighted by Gasteiger charge is -2.34. The molecule has 2 aromatic rings. The highest BCUT2D eigenvalue weighted by Gasteiger charge is 2.42. The number of rotatable bonds is 2. The van der Waals surface area contributed by atoms with Crippen molar-refractivity contribution in [3.63, 3.8) is 0 Å². The van der Waals surface area contributed by atoms with E-state index >= 15 is 0 Å². The molecule has 0 saturated carbocycles. The molecule has 2 heterocycles. The number of Topliss-reactive ketones (excluding diaryl/α,β-unsaturated/α-hetero) is 1. The zero-order chi connectivity index (χ0) is 26.6. The molecule has 36 heavy (non-hydrogen) atoms. The number of cyclic esters (lactones) is 1. The molecule has 0 spiro atoms. The van der Waals surface area contributed by atoms with E-state index in [0.29, 0.717) is 23.1 Å². The normalized spacial score (nSPS) is 30.6. The molecular weight excluding hydrogens is 462 g/mol. The smallest absolute Gasteiger partial charge is 0.309 e. The Hall–Kier alpha value is -2.55. The van der Waals surface area contributed by atoms with Crippen LogP contribution in [0, 0.1) is 17.3 Å². The van der Waals surface area contributed by atoms with E-state index in [2.05, 4.69) is 4.98 Å². The highest BCUT2D eigenvalue weighted by molar-refractivity contribution is 5.88. The molecular formula is C28H39NO7. The van der Waals surface area contributed by atoms with Crippen molar-refractivity contribution in [3.8, 4) is 0 Å². The molecule has 0 fully saturated rings. The number of aromatic nitrogens is 1. The molecule has 0 bridgehead atoms. The average molecular weight is 502 g/mol. The van der Waals surface area contributed by atoms with Crippen molar-refractivity contribution < 1.29 is 34.1 Å². The molecule has 3 rings (SSSR count). The molecule has 1 aromatic carbocycles. The van der Waals surface area contributed by atoms with Gasteiger partial charge in [-0.15, -0.1) is 0 Å². The number of hydrogen-bond acceptors (Lipinski definition) is 8. The lowest BCUT2D eigenvalue weighted by molar-refractivity contribution is -0.155. The molecule has 0 unspecified atom stereocenters. The van der Waals surface area contributed by atoms with Gasteiger partial charge in [0.05, 0.1) is 24.0 Å². The topological polar surface area (TPSA) is 130 Å². The second-order valence-electron chi connectivity index (χ2n) is 10.7. The van der Waals surface area contributed by atoms with E-state index in [9.17, 15) is 24.9 Å². The van der Waals surface area contributed by atoms with Gasteiger partial charge in [-0.2, -0.15) is 0 Å². The van der Waals surface area contributed by atoms with Gasteiger partial charge in [0.1, 0.15) is 24.0 Å². The summed E-state index contributed by atoms with van der Waals surface area (Å²) in [7, 11) is 0. The molecule has 1 aliphatic rings. The number of ketones is 1. The van der Waals surface area contributed by atoms with Crippen LogP contribution in [0.15, 0.2) is 34.3 Å². The van der Waals surface area contributed by atoms with Crippen molar-refractivity contribution in [2.45, 2.75) is 91.6 Å². The Morgan fingerprint density at radius 3 is 2.58 bits per heavy atom. The maximum Gasteiger partial charge on any atom is 0.309 e. The van der Waals surface area contributed by atoms with Gasteiger partial charge in [0, 0.05) is 12.3 Å². The predicted molar refractivity (Wildman–Crippen MR) is 135 cm³/mol. The van der Waals surface area contributed by atoms with E-state index in [4.69, 9.17) is 9.15 Å². The second-order valence-corrected chi connectivity index (χ2v) is 10.7. The van der Waals surface area contributed by atoms with Gasteiger partial charge in [-0.25, -0.2) is 4.98 Å². The molecule has 0 aliphatic carbocycles. The summed E-state index contributed by atoms with van der Waals surface area (Å²) in [6.07, 6.45) is 1.86. The first-order valence-electron chi connectivity index (χ1n) is 12.7. The second kappa shape index (κ2) is 11.7. The van der Waals surface area contributed by atoms with Crippen LogP contribution in [0.2, 0.25) is 0 Å². The van der Waals surface area contributed by atoms with Gasteiger partial charge >= 0.3 is 5.97 Å². The lowest BCUT2D eigenvalue weighted by Crippen LogP contribution is -2.45. The Kier molecular flexibility index (Phi) is 9.08. The van der Waals surface area contributed by atoms with E-state index < -0.39 is 35.6 Å². The van der Waals surface area contributed by atoms with Crippen LogP contribution in [0.25, 0.3) is 11.1 Å². The standard InChI is InChI=1S/C28H39NO7/c1-16-7-6-8-17(2)26(33)18(3)27(34)28(4,5)23(31)14-25(32)36-21(11-9-16)19-10-12-22-20(13-19)29-24(15-30)35-22/h9-10,12-13,17-18,21,23,26,30-31,33H,6-8,11,14-15H2,1-5H3/b16-9-/t17-,18+,21-,23+,26-/m0/s1. The zero-order valence-corrected chi connectivity index (χ0v) is 21.9. The van der Waals surface area contributed by atoms with Gasteiger partial charge in [-0.05, 0) is 49.8 Å². The van der Waals surface area contributed by atoms with E-state index in [0.717, 1.165) is 24.8 Å². The summed E-state index contributed by atoms with van der Waals surface area (Å²) in [6, 6.07) is 5.29. The van der Waals surface area contributed by atoms with Gasteiger partial charge < -0.3 is 24.5 Å². The van der Waals surface area contributed by atoms with Crippen LogP contribution in [0.5, 0.6) is 0 Å². The molecule has 1 aliphatic heterocycles. The van der Waals surface area contributed by atoms with Crippen molar-refractivity contribution in [2.75, 3.05) is 0 Å². The minimum absolute atomic E-state index is 0.0756. The van der Waals surface area contributed by atoms with Crippen LogP contribution in [0.3, 0.4) is 0 Å². The van der Waals surface area contributed by atoms with Gasteiger partial charge in [0.15, 0.2) is 5.58 Å². The maximum atomic E-state index is 13.2. The van der Waals surface area contributed by atoms with Crippen molar-refractivity contribution >= 4 is 22.9 Å². The van der Waals surface area contributed by atoms with Crippen LogP contribution >= 0.6 is 0 Å². The third-order valence-corrected chi connectivity index (χ3v) is 7.48. The fourth-order valence-corrected chi connectivity index (χ4v) is 4.81. The third kappa shape index (κ3) is 6.41. The highest BCUT2D eigenvalue weighted by Crippen LogP contribution is 2.33. The number of ether oxygens (including phenoxy) is 1. The molecule has 0 saturated heterocycles. The molecule has 0 radical (unpaired) electrons. The number of nitrogens with zero attached hydrogens (tertiary/aromatic N) is 1. The fraction of sp³-hybridized carbons (Fsp3) is 0.607. The predicted octanol–water partition coefficient (Wildman–Crippen LogP) is 4.40. The SMILES string of the molecule is C/C1=C/C[C@@H](c2ccc3oc(CO)nc3c2)OC(=O)C[C@@H](O)C(C)(C)C(=O)[C@H](C)[C@@H](O)[C@@H](C)CCC1. The number of aliphatic hydroxyl groups excluding tert-OH is 3. The maximum absolute atomic E-state index is 13.2. The van der Waals surface area contributed by atoms with E-state index in [1.54, 1.807) is 39.0 Å². The minimum atomic E-state index is -1.27. The Morgan fingerprint density at radius 1 is 1.17 bits per heavy atom. The van der Waals surface area contributed by atoms with Gasteiger partial charge in [-0.3, -0.25) is 9.59 Å². The van der Waals surface area contributed by atoms with Crippen molar-refractivity contribution in [2.24, 2.45) is 17.3 Å². The van der Waals surface area contributed by atoms with E-state index in [-0.39, 0.29) is 30.6 Å². The van der Waals surface area contributed by atoms with E-state index in [1.807, 2.05) is 19.9 Å². The van der Waals surface area contributed by atoms with Crippen molar-refractivity contribution in [1.29, 1.82) is 0 Å². The van der Waals surface area contributed by atoms with Crippen LogP contribution in [0.1, 0.15) is 84.3 Å². The first-order chi connectivity index (χ1) is 16.9. The monoisotopic (exact) mass is 501 g/mol. The first-order valence-corrected chi connectivity index (χ1v) is 12.7. The Morgan fingerprint density at radius 2 is 1.89 bits per heavy atom. The molecule has 0 amide bonds. The number of oxazole rings is 1. The highest BCUT2D eigenvalue weighted by atomic mass is 16.5. The fourth-order valence-electron chi connectivity index (χ4n) is 4.81. The van der Waals surface area contributed by atoms with Crippen molar-refractivity contribution in [3.05, 3.63) is 41.3 Å². The number of allylic oxidation sites excluding steroid dienone is 1. The Balaban J connectivity index is 1.91. The lowest BCUT2D eigenvalue weighted by atomic mass is 9.73. The minimum Gasteiger partial charge on any atom is -0.457 e. The van der Waals surface area contributed by atoms with Gasteiger partial charge in [-0.1, -0.05) is 45.4 Å². The molecule has 8 nitrogen and oxygen atoms in total. The quantitative estimate of drug-likeness (QED) is 0.408. The molecule has 198 valence electrons. The number of carbonyl (C=O) groups excluding carboxylic acids is 2. The number of aliphatic hydroxyl groups is 3. The Bertz CT molecular complexity index is 1100. The summed E-state index contributed by atoms with van der Waals surface area (Å²) >= 11 is 0. The average Bonchev–Trinajstić information content (AvgIpc) is 3.26. The largest absolute Gasteiger partial charge is 0.457 e. The number of fused-ring (bicyclic) bond motifs is 1. The summed E-state index contributed by atoms with van der Waals surface area (Å²) in [6.45, 7) is 8.54. The van der Waals surface area contributed by atoms with Crippen LogP contribution < -0.4 is 0 Å². The van der Waals surface area contributed by atoms with Crippen molar-refractivity contribution in [1.82, 2.24) is 4.98 Å². The van der Waals surface area contributed by atoms with Gasteiger partial charge in [0.2, 0.25) is 5.89 Å². The van der Waals surface area contributed by atoms with E-state index in [1.165, 1.54) is 0 Å². The summed E-state index contributed by atoms with van der Waals surface area (Å²) in [4.78, 5) is 30.4. The van der Waals surface area contributed by atoms with Crippen LogP contribution in [-0.4, -0.2) is 44.3 Å². The number of benzene rings is 1. The summed E-state index contributed by atoms with van der Waals surface area (Å²) < 4.78 is 11.3. The zero-order valence-electron chi connectivity index (χ0n) is 21.9. The van der Waals surface area contributed by atoms with Crippen LogP contribution in [0.4, 0.5) is 0 Å². The summed E-state index contributed by atoms with van der Waals surface area (Å²) in [5.74, 6) is -1.44.